The zero-order valence-corrected chi connectivity index (χ0v) is 7.65. The van der Waals surface area contributed by atoms with E-state index in [1.165, 1.54) is 13.8 Å². The minimum Gasteiger partial charge on any atom is -0.481 e. The van der Waals surface area contributed by atoms with Crippen molar-refractivity contribution in [3.05, 3.63) is 12.2 Å². The van der Waals surface area contributed by atoms with Crippen molar-refractivity contribution in [1.29, 1.82) is 0 Å². The van der Waals surface area contributed by atoms with Gasteiger partial charge in [0.1, 0.15) is 0 Å². The van der Waals surface area contributed by atoms with Gasteiger partial charge in [0.2, 0.25) is 0 Å². The molecule has 0 fully saturated rings. The van der Waals surface area contributed by atoms with Gasteiger partial charge in [-0.25, -0.2) is 4.79 Å². The highest BCUT2D eigenvalue weighted by molar-refractivity contribution is 5.84. The van der Waals surface area contributed by atoms with Crippen molar-refractivity contribution in [2.75, 3.05) is 0 Å². The Morgan fingerprint density at radius 1 is 1.38 bits per heavy atom. The lowest BCUT2D eigenvalue weighted by molar-refractivity contribution is -0.139. The second-order valence-electron chi connectivity index (χ2n) is 2.53. The molecule has 1 unspecified atom stereocenters. The number of hydrogen-bond donors (Lipinski definition) is 3. The lowest BCUT2D eigenvalue weighted by Gasteiger charge is -1.94. The molecule has 3 N–H and O–H groups in total. The molecule has 0 aromatic heterocycles. The van der Waals surface area contributed by atoms with Crippen LogP contribution in [-0.4, -0.2) is 33.4 Å². The van der Waals surface area contributed by atoms with Crippen LogP contribution in [0.3, 0.4) is 0 Å². The molecule has 0 aliphatic rings. The molecule has 76 valence electrons. The first kappa shape index (κ1) is 14.2. The number of aliphatic hydroxyl groups is 1. The fourth-order valence-electron chi connectivity index (χ4n) is 0.253. The minimum absolute atomic E-state index is 0.167. The Labute approximate surface area is 76.3 Å². The molecule has 5 nitrogen and oxygen atoms in total. The average molecular weight is 190 g/mol. The van der Waals surface area contributed by atoms with E-state index < -0.39 is 18.0 Å². The monoisotopic (exact) mass is 190 g/mol. The smallest absolute Gasteiger partial charge is 0.330 e. The third kappa shape index (κ3) is 18.0. The van der Waals surface area contributed by atoms with Gasteiger partial charge in [-0.05, 0) is 13.8 Å². The first-order valence-corrected chi connectivity index (χ1v) is 3.56. The van der Waals surface area contributed by atoms with Crippen molar-refractivity contribution in [3.63, 3.8) is 0 Å². The van der Waals surface area contributed by atoms with Gasteiger partial charge in [-0.2, -0.15) is 0 Å². The summed E-state index contributed by atoms with van der Waals surface area (Å²) in [6, 6.07) is 0. The summed E-state index contributed by atoms with van der Waals surface area (Å²) in [6.45, 7) is 6.04. The van der Waals surface area contributed by atoms with Crippen molar-refractivity contribution in [2.24, 2.45) is 0 Å². The van der Waals surface area contributed by atoms with Gasteiger partial charge in [-0.1, -0.05) is 6.58 Å². The van der Waals surface area contributed by atoms with Crippen molar-refractivity contribution < 1.29 is 24.9 Å². The van der Waals surface area contributed by atoms with Gasteiger partial charge in [0.15, 0.2) is 0 Å². The minimum atomic E-state index is -0.963. The quantitative estimate of drug-likeness (QED) is 0.563. The van der Waals surface area contributed by atoms with Crippen molar-refractivity contribution in [1.82, 2.24) is 0 Å². The van der Waals surface area contributed by atoms with Crippen molar-refractivity contribution in [3.8, 4) is 0 Å². The summed E-state index contributed by atoms with van der Waals surface area (Å²) in [4.78, 5) is 19.2. The molecular weight excluding hydrogens is 176 g/mol. The van der Waals surface area contributed by atoms with E-state index in [0.29, 0.717) is 0 Å². The van der Waals surface area contributed by atoms with Crippen molar-refractivity contribution in [2.45, 2.75) is 26.4 Å². The SMILES string of the molecule is C=C(C)C(=O)O.CC(O)CC(=O)O. The molecule has 0 aromatic carbocycles. The topological polar surface area (TPSA) is 94.8 Å². The van der Waals surface area contributed by atoms with Gasteiger partial charge in [-0.3, -0.25) is 4.79 Å². The normalized spacial score (nSPS) is 10.7. The number of carboxylic acids is 2. The molecule has 0 heterocycles. The predicted molar refractivity (Wildman–Crippen MR) is 46.4 cm³/mol. The highest BCUT2D eigenvalue weighted by Crippen LogP contribution is 1.85. The molecule has 0 rings (SSSR count). The van der Waals surface area contributed by atoms with Crippen LogP contribution in [0.25, 0.3) is 0 Å². The second-order valence-corrected chi connectivity index (χ2v) is 2.53. The summed E-state index contributed by atoms with van der Waals surface area (Å²) in [6.07, 6.45) is -0.891. The van der Waals surface area contributed by atoms with Crippen LogP contribution in [0.5, 0.6) is 0 Å². The van der Waals surface area contributed by atoms with Crippen LogP contribution < -0.4 is 0 Å². The van der Waals surface area contributed by atoms with E-state index in [0.717, 1.165) is 0 Å². The molecule has 0 bridgehead atoms. The Morgan fingerprint density at radius 2 is 1.69 bits per heavy atom. The summed E-state index contributed by atoms with van der Waals surface area (Å²) in [5.74, 6) is -1.90. The zero-order chi connectivity index (χ0) is 11.0. The molecule has 0 aromatic rings. The fourth-order valence-corrected chi connectivity index (χ4v) is 0.253. The van der Waals surface area contributed by atoms with Crippen LogP contribution in [0.1, 0.15) is 20.3 Å². The molecule has 13 heavy (non-hydrogen) atoms. The standard InChI is InChI=1S/C4H8O3.C4H6O2/c1-3(5)2-4(6)7;1-3(2)4(5)6/h3,5H,2H2,1H3,(H,6,7);1H2,2H3,(H,5,6). The molecule has 0 saturated heterocycles. The summed E-state index contributed by atoms with van der Waals surface area (Å²) >= 11 is 0. The summed E-state index contributed by atoms with van der Waals surface area (Å²) in [5, 5.41) is 24.2. The van der Waals surface area contributed by atoms with Gasteiger partial charge < -0.3 is 15.3 Å². The Hall–Kier alpha value is -1.36. The molecule has 0 radical (unpaired) electrons. The summed E-state index contributed by atoms with van der Waals surface area (Å²) < 4.78 is 0. The molecule has 1 atom stereocenters. The van der Waals surface area contributed by atoms with Crippen LogP contribution in [0.15, 0.2) is 12.2 Å². The van der Waals surface area contributed by atoms with Gasteiger partial charge in [0.05, 0.1) is 12.5 Å². The van der Waals surface area contributed by atoms with E-state index in [9.17, 15) is 9.59 Å². The van der Waals surface area contributed by atoms with E-state index in [1.807, 2.05) is 0 Å². The zero-order valence-electron chi connectivity index (χ0n) is 7.65. The summed E-state index contributed by atoms with van der Waals surface area (Å²) in [5.41, 5.74) is 0.176. The van der Waals surface area contributed by atoms with Gasteiger partial charge >= 0.3 is 11.9 Å². The maximum absolute atomic E-state index is 9.65. The molecule has 0 spiro atoms. The van der Waals surface area contributed by atoms with Gasteiger partial charge in [-0.15, -0.1) is 0 Å². The number of hydrogen-bond acceptors (Lipinski definition) is 3. The number of carbonyl (C=O) groups is 2. The number of carboxylic acid groups (broad SMARTS) is 2. The third-order valence-electron chi connectivity index (χ3n) is 0.835. The number of rotatable bonds is 3. The van der Waals surface area contributed by atoms with E-state index in [1.54, 1.807) is 0 Å². The van der Waals surface area contributed by atoms with E-state index in [4.69, 9.17) is 15.3 Å². The second kappa shape index (κ2) is 7.30. The van der Waals surface area contributed by atoms with Crippen LogP contribution >= 0.6 is 0 Å². The van der Waals surface area contributed by atoms with E-state index in [2.05, 4.69) is 6.58 Å². The largest absolute Gasteiger partial charge is 0.481 e. The van der Waals surface area contributed by atoms with Crippen LogP contribution in [-0.2, 0) is 9.59 Å². The van der Waals surface area contributed by atoms with Gasteiger partial charge in [0.25, 0.3) is 0 Å². The van der Waals surface area contributed by atoms with Crippen LogP contribution in [0.4, 0.5) is 0 Å². The molecular formula is C8H14O5. The Bertz CT molecular complexity index is 183. The fraction of sp³-hybridized carbons (Fsp3) is 0.500. The lowest BCUT2D eigenvalue weighted by Crippen LogP contribution is -2.07. The average Bonchev–Trinajstić information content (AvgIpc) is 1.84. The molecule has 0 aliphatic heterocycles. The Kier molecular flexibility index (Phi) is 7.96. The highest BCUT2D eigenvalue weighted by Gasteiger charge is 2.00. The Morgan fingerprint density at radius 3 is 1.69 bits per heavy atom. The Balaban J connectivity index is 0. The predicted octanol–water partition coefficient (Wildman–Crippen LogP) is 0.489. The van der Waals surface area contributed by atoms with E-state index in [-0.39, 0.29) is 12.0 Å². The van der Waals surface area contributed by atoms with Crippen LogP contribution in [0.2, 0.25) is 0 Å². The maximum atomic E-state index is 9.65. The van der Waals surface area contributed by atoms with Gasteiger partial charge in [0, 0.05) is 5.57 Å². The van der Waals surface area contributed by atoms with Crippen molar-refractivity contribution >= 4 is 11.9 Å². The third-order valence-corrected chi connectivity index (χ3v) is 0.835. The molecule has 0 aliphatic carbocycles. The highest BCUT2D eigenvalue weighted by atomic mass is 16.4. The molecule has 0 saturated carbocycles. The molecule has 0 amide bonds. The number of aliphatic carboxylic acids is 2. The van der Waals surface area contributed by atoms with E-state index >= 15 is 0 Å². The first-order chi connectivity index (χ1) is 5.77. The lowest BCUT2D eigenvalue weighted by atomic mass is 10.3. The van der Waals surface area contributed by atoms with Crippen LogP contribution in [0, 0.1) is 0 Å². The first-order valence-electron chi connectivity index (χ1n) is 3.56. The maximum Gasteiger partial charge on any atom is 0.330 e. The number of aliphatic hydroxyl groups excluding tert-OH is 1. The molecule has 5 heteroatoms. The summed E-state index contributed by atoms with van der Waals surface area (Å²) in [7, 11) is 0.